The van der Waals surface area contributed by atoms with Gasteiger partial charge in [0, 0.05) is 11.4 Å². The first kappa shape index (κ1) is 14.0. The second-order valence-electron chi connectivity index (χ2n) is 4.40. The van der Waals surface area contributed by atoms with Crippen molar-refractivity contribution in [2.45, 2.75) is 39.7 Å². The van der Waals surface area contributed by atoms with Crippen molar-refractivity contribution in [1.82, 2.24) is 0 Å². The van der Waals surface area contributed by atoms with Crippen LogP contribution in [0.1, 0.15) is 33.6 Å². The van der Waals surface area contributed by atoms with Crippen molar-refractivity contribution in [3.63, 3.8) is 0 Å². The van der Waals surface area contributed by atoms with Gasteiger partial charge < -0.3 is 4.74 Å². The van der Waals surface area contributed by atoms with E-state index in [1.807, 2.05) is 6.07 Å². The number of carbonyl (C=O) groups excluding carboxylic acids is 1. The van der Waals surface area contributed by atoms with Gasteiger partial charge in [0.25, 0.3) is 0 Å². The molecule has 94 valence electrons. The Hall–Kier alpha value is -1.02. The summed E-state index contributed by atoms with van der Waals surface area (Å²) in [5.74, 6) is 1.19. The van der Waals surface area contributed by atoms with E-state index in [9.17, 15) is 4.79 Å². The number of benzene rings is 1. The van der Waals surface area contributed by atoms with E-state index in [1.54, 1.807) is 25.1 Å². The molecule has 0 saturated carbocycles. The molecule has 0 heterocycles. The van der Waals surface area contributed by atoms with Crippen LogP contribution in [0.2, 0.25) is 5.02 Å². The van der Waals surface area contributed by atoms with Crippen LogP contribution in [-0.2, 0) is 4.79 Å². The molecule has 0 N–H and O–H groups in total. The molecule has 0 bridgehead atoms. The first-order valence-electron chi connectivity index (χ1n) is 5.97. The van der Waals surface area contributed by atoms with Crippen LogP contribution in [0.3, 0.4) is 0 Å². The SMILES string of the molecule is CCC(C)CC(=O)C(C)Oc1cccc(Cl)c1. The number of carbonyl (C=O) groups is 1. The molecule has 1 rings (SSSR count). The Labute approximate surface area is 108 Å². The van der Waals surface area contributed by atoms with Gasteiger partial charge in [0.05, 0.1) is 0 Å². The van der Waals surface area contributed by atoms with Gasteiger partial charge in [0.2, 0.25) is 0 Å². The van der Waals surface area contributed by atoms with Crippen LogP contribution in [0.15, 0.2) is 24.3 Å². The molecule has 0 radical (unpaired) electrons. The van der Waals surface area contributed by atoms with Gasteiger partial charge in [0.15, 0.2) is 11.9 Å². The highest BCUT2D eigenvalue weighted by Gasteiger charge is 2.16. The fourth-order valence-electron chi connectivity index (χ4n) is 1.46. The normalized spacial score (nSPS) is 14.1. The molecular formula is C14H19ClO2. The molecule has 0 fully saturated rings. The second-order valence-corrected chi connectivity index (χ2v) is 4.84. The largest absolute Gasteiger partial charge is 0.483 e. The monoisotopic (exact) mass is 254 g/mol. The predicted molar refractivity (Wildman–Crippen MR) is 70.6 cm³/mol. The van der Waals surface area contributed by atoms with Crippen LogP contribution in [0.5, 0.6) is 5.75 Å². The van der Waals surface area contributed by atoms with Crippen molar-refractivity contribution >= 4 is 17.4 Å². The first-order valence-corrected chi connectivity index (χ1v) is 6.35. The summed E-state index contributed by atoms with van der Waals surface area (Å²) in [6.07, 6.45) is 1.16. The predicted octanol–water partition coefficient (Wildman–Crippen LogP) is 4.11. The van der Waals surface area contributed by atoms with Crippen molar-refractivity contribution in [1.29, 1.82) is 0 Å². The van der Waals surface area contributed by atoms with Crippen molar-refractivity contribution in [3.05, 3.63) is 29.3 Å². The molecule has 0 aliphatic rings. The fourth-order valence-corrected chi connectivity index (χ4v) is 1.64. The molecule has 0 amide bonds. The highest BCUT2D eigenvalue weighted by atomic mass is 35.5. The van der Waals surface area contributed by atoms with E-state index in [2.05, 4.69) is 13.8 Å². The zero-order valence-corrected chi connectivity index (χ0v) is 11.3. The number of hydrogen-bond acceptors (Lipinski definition) is 2. The van der Waals surface area contributed by atoms with Gasteiger partial charge in [0.1, 0.15) is 5.75 Å². The summed E-state index contributed by atoms with van der Waals surface area (Å²) in [5.41, 5.74) is 0. The maximum absolute atomic E-state index is 11.8. The lowest BCUT2D eigenvalue weighted by atomic mass is 10.00. The minimum atomic E-state index is -0.414. The molecule has 17 heavy (non-hydrogen) atoms. The Balaban J connectivity index is 2.54. The Bertz CT molecular complexity index is 376. The number of halogens is 1. The van der Waals surface area contributed by atoms with Gasteiger partial charge in [-0.3, -0.25) is 4.79 Å². The van der Waals surface area contributed by atoms with Gasteiger partial charge in [-0.2, -0.15) is 0 Å². The van der Waals surface area contributed by atoms with Gasteiger partial charge in [-0.1, -0.05) is 37.9 Å². The Morgan fingerprint density at radius 3 is 2.71 bits per heavy atom. The van der Waals surface area contributed by atoms with E-state index in [4.69, 9.17) is 16.3 Å². The number of rotatable bonds is 6. The van der Waals surface area contributed by atoms with Crippen LogP contribution >= 0.6 is 11.6 Å². The quantitative estimate of drug-likeness (QED) is 0.764. The molecule has 0 aliphatic carbocycles. The standard InChI is InChI=1S/C14H19ClO2/c1-4-10(2)8-14(16)11(3)17-13-7-5-6-12(15)9-13/h5-7,9-11H,4,8H2,1-3H3. The maximum atomic E-state index is 11.8. The lowest BCUT2D eigenvalue weighted by Gasteiger charge is -2.15. The molecule has 0 aromatic heterocycles. The average Bonchev–Trinajstić information content (AvgIpc) is 2.28. The van der Waals surface area contributed by atoms with E-state index in [1.165, 1.54) is 0 Å². The Morgan fingerprint density at radius 2 is 2.12 bits per heavy atom. The second kappa shape index (κ2) is 6.65. The minimum absolute atomic E-state index is 0.138. The van der Waals surface area contributed by atoms with E-state index in [0.29, 0.717) is 23.1 Å². The summed E-state index contributed by atoms with van der Waals surface area (Å²) in [4.78, 5) is 11.8. The van der Waals surface area contributed by atoms with Gasteiger partial charge in [-0.05, 0) is 31.0 Å². The average molecular weight is 255 g/mol. The number of ether oxygens (including phenoxy) is 1. The highest BCUT2D eigenvalue weighted by Crippen LogP contribution is 2.19. The van der Waals surface area contributed by atoms with Crippen molar-refractivity contribution < 1.29 is 9.53 Å². The molecule has 2 atom stereocenters. The highest BCUT2D eigenvalue weighted by molar-refractivity contribution is 6.30. The third-order valence-corrected chi connectivity index (χ3v) is 3.04. The van der Waals surface area contributed by atoms with Crippen LogP contribution < -0.4 is 4.74 Å². The van der Waals surface area contributed by atoms with Gasteiger partial charge in [-0.25, -0.2) is 0 Å². The van der Waals surface area contributed by atoms with Crippen molar-refractivity contribution in [2.75, 3.05) is 0 Å². The zero-order valence-electron chi connectivity index (χ0n) is 10.6. The molecule has 0 saturated heterocycles. The van der Waals surface area contributed by atoms with E-state index < -0.39 is 6.10 Å². The number of Topliss-reactive ketones (excluding diaryl/α,β-unsaturated/α-hetero) is 1. The molecule has 0 aliphatic heterocycles. The topological polar surface area (TPSA) is 26.3 Å². The van der Waals surface area contributed by atoms with Crippen molar-refractivity contribution in [3.8, 4) is 5.75 Å². The summed E-state index contributed by atoms with van der Waals surface area (Å²) in [6.45, 7) is 5.94. The summed E-state index contributed by atoms with van der Waals surface area (Å²) < 4.78 is 5.57. The molecule has 0 spiro atoms. The summed E-state index contributed by atoms with van der Waals surface area (Å²) >= 11 is 5.85. The van der Waals surface area contributed by atoms with Gasteiger partial charge >= 0.3 is 0 Å². The lowest BCUT2D eigenvalue weighted by Crippen LogP contribution is -2.25. The molecule has 2 unspecified atom stereocenters. The van der Waals surface area contributed by atoms with Crippen LogP contribution in [0, 0.1) is 5.92 Å². The molecule has 2 nitrogen and oxygen atoms in total. The lowest BCUT2D eigenvalue weighted by molar-refractivity contribution is -0.125. The van der Waals surface area contributed by atoms with Crippen LogP contribution in [0.4, 0.5) is 0 Å². The van der Waals surface area contributed by atoms with E-state index in [0.717, 1.165) is 6.42 Å². The maximum Gasteiger partial charge on any atom is 0.173 e. The molecule has 3 heteroatoms. The number of hydrogen-bond donors (Lipinski definition) is 0. The third kappa shape index (κ3) is 4.78. The van der Waals surface area contributed by atoms with Gasteiger partial charge in [-0.15, -0.1) is 0 Å². The first-order chi connectivity index (χ1) is 8.02. The summed E-state index contributed by atoms with van der Waals surface area (Å²) in [5, 5.41) is 0.615. The third-order valence-electron chi connectivity index (χ3n) is 2.81. The Kier molecular flexibility index (Phi) is 5.49. The fraction of sp³-hybridized carbons (Fsp3) is 0.500. The molecule has 1 aromatic rings. The number of ketones is 1. The van der Waals surface area contributed by atoms with Crippen LogP contribution in [0.25, 0.3) is 0 Å². The Morgan fingerprint density at radius 1 is 1.41 bits per heavy atom. The zero-order chi connectivity index (χ0) is 12.8. The smallest absolute Gasteiger partial charge is 0.173 e. The van der Waals surface area contributed by atoms with E-state index >= 15 is 0 Å². The van der Waals surface area contributed by atoms with Crippen LogP contribution in [-0.4, -0.2) is 11.9 Å². The van der Waals surface area contributed by atoms with Crippen molar-refractivity contribution in [2.24, 2.45) is 5.92 Å². The summed E-state index contributed by atoms with van der Waals surface area (Å²) in [7, 11) is 0. The summed E-state index contributed by atoms with van der Waals surface area (Å²) in [6, 6.07) is 7.11. The molecular weight excluding hydrogens is 236 g/mol. The minimum Gasteiger partial charge on any atom is -0.483 e. The molecule has 1 aromatic carbocycles. The van der Waals surface area contributed by atoms with E-state index in [-0.39, 0.29) is 5.78 Å².